The largest absolute Gasteiger partial charge is 0.497 e. The molecule has 0 radical (unpaired) electrons. The van der Waals surface area contributed by atoms with Crippen LogP contribution in [-0.2, 0) is 0 Å². The van der Waals surface area contributed by atoms with E-state index < -0.39 is 5.97 Å². The second-order valence-corrected chi connectivity index (χ2v) is 6.76. The number of amides is 1. The molecule has 3 aromatic rings. The molecule has 3 rings (SSSR count). The monoisotopic (exact) mass is 432 g/mol. The van der Waals surface area contributed by atoms with E-state index in [-0.39, 0.29) is 5.91 Å². The van der Waals surface area contributed by atoms with E-state index in [1.807, 2.05) is 6.92 Å². The maximum atomic E-state index is 12.3. The van der Waals surface area contributed by atoms with Crippen molar-refractivity contribution in [1.82, 2.24) is 5.43 Å². The first kappa shape index (κ1) is 22.6. The lowest BCUT2D eigenvalue weighted by Gasteiger charge is -2.07. The Morgan fingerprint density at radius 3 is 2.06 bits per heavy atom. The molecular weight excluding hydrogens is 408 g/mol. The average molecular weight is 432 g/mol. The zero-order valence-electron chi connectivity index (χ0n) is 17.9. The molecule has 3 aromatic carbocycles. The first-order valence-electron chi connectivity index (χ1n) is 10.1. The van der Waals surface area contributed by atoms with Crippen molar-refractivity contribution in [2.24, 2.45) is 5.10 Å². The summed E-state index contributed by atoms with van der Waals surface area (Å²) in [5.41, 5.74) is 4.10. The van der Waals surface area contributed by atoms with Gasteiger partial charge in [0.15, 0.2) is 0 Å². The Morgan fingerprint density at radius 1 is 0.844 bits per heavy atom. The van der Waals surface area contributed by atoms with Gasteiger partial charge in [0.1, 0.15) is 17.2 Å². The topological polar surface area (TPSA) is 86.2 Å². The fourth-order valence-electron chi connectivity index (χ4n) is 2.67. The van der Waals surface area contributed by atoms with Crippen LogP contribution in [0.3, 0.4) is 0 Å². The Hall–Kier alpha value is -4.13. The van der Waals surface area contributed by atoms with Crippen molar-refractivity contribution < 1.29 is 23.8 Å². The summed E-state index contributed by atoms with van der Waals surface area (Å²) in [6.07, 6.45) is 2.42. The SMILES string of the molecule is CCCOc1ccc(C(=O)Oc2ccc(/C=N\NC(=O)c3ccc(OC)cc3)cc2)cc1. The minimum Gasteiger partial charge on any atom is -0.497 e. The number of hydrogen-bond acceptors (Lipinski definition) is 6. The molecule has 0 fully saturated rings. The molecule has 0 bridgehead atoms. The van der Waals surface area contributed by atoms with Crippen LogP contribution in [0, 0.1) is 0 Å². The van der Waals surface area contributed by atoms with Gasteiger partial charge < -0.3 is 14.2 Å². The van der Waals surface area contributed by atoms with E-state index in [1.54, 1.807) is 79.9 Å². The summed E-state index contributed by atoms with van der Waals surface area (Å²) in [5, 5.41) is 3.95. The number of nitrogens with zero attached hydrogens (tertiary/aromatic N) is 1. The van der Waals surface area contributed by atoms with Gasteiger partial charge >= 0.3 is 5.97 Å². The highest BCUT2D eigenvalue weighted by Gasteiger charge is 2.09. The number of esters is 1. The van der Waals surface area contributed by atoms with E-state index in [9.17, 15) is 9.59 Å². The second-order valence-electron chi connectivity index (χ2n) is 6.76. The van der Waals surface area contributed by atoms with Gasteiger partial charge in [-0.05, 0) is 84.8 Å². The lowest BCUT2D eigenvalue weighted by molar-refractivity contribution is 0.0734. The molecule has 0 aromatic heterocycles. The lowest BCUT2D eigenvalue weighted by atomic mass is 10.2. The number of carbonyl (C=O) groups excluding carboxylic acids is 2. The predicted octanol–water partition coefficient (Wildman–Crippen LogP) is 4.47. The summed E-state index contributed by atoms with van der Waals surface area (Å²) < 4.78 is 16.0. The highest BCUT2D eigenvalue weighted by Crippen LogP contribution is 2.17. The van der Waals surface area contributed by atoms with Crippen LogP contribution in [0.15, 0.2) is 77.9 Å². The molecule has 7 heteroatoms. The van der Waals surface area contributed by atoms with Crippen molar-refractivity contribution in [2.45, 2.75) is 13.3 Å². The van der Waals surface area contributed by atoms with Crippen molar-refractivity contribution in [3.63, 3.8) is 0 Å². The molecule has 164 valence electrons. The van der Waals surface area contributed by atoms with E-state index in [4.69, 9.17) is 14.2 Å². The molecule has 0 aliphatic carbocycles. The highest BCUT2D eigenvalue weighted by atomic mass is 16.5. The van der Waals surface area contributed by atoms with Gasteiger partial charge in [-0.15, -0.1) is 0 Å². The van der Waals surface area contributed by atoms with Crippen molar-refractivity contribution in [2.75, 3.05) is 13.7 Å². The van der Waals surface area contributed by atoms with Gasteiger partial charge in [0.2, 0.25) is 0 Å². The second kappa shape index (κ2) is 11.3. The number of ether oxygens (including phenoxy) is 3. The molecule has 0 heterocycles. The molecule has 1 amide bonds. The quantitative estimate of drug-likeness (QED) is 0.233. The lowest BCUT2D eigenvalue weighted by Crippen LogP contribution is -2.17. The smallest absolute Gasteiger partial charge is 0.343 e. The first-order valence-corrected chi connectivity index (χ1v) is 10.1. The predicted molar refractivity (Wildman–Crippen MR) is 122 cm³/mol. The summed E-state index contributed by atoms with van der Waals surface area (Å²) in [5.74, 6) is 0.997. The van der Waals surface area contributed by atoms with Crippen LogP contribution in [0.1, 0.15) is 39.6 Å². The molecule has 32 heavy (non-hydrogen) atoms. The minimum atomic E-state index is -0.458. The number of hydrogen-bond donors (Lipinski definition) is 1. The van der Waals surface area contributed by atoms with Crippen LogP contribution in [0.25, 0.3) is 0 Å². The maximum absolute atomic E-state index is 12.3. The van der Waals surface area contributed by atoms with E-state index in [0.29, 0.717) is 35.0 Å². The summed E-state index contributed by atoms with van der Waals surface area (Å²) in [6.45, 7) is 2.66. The number of methoxy groups -OCH3 is 1. The van der Waals surface area contributed by atoms with Gasteiger partial charge in [-0.25, -0.2) is 10.2 Å². The van der Waals surface area contributed by atoms with Crippen molar-refractivity contribution in [3.05, 3.63) is 89.5 Å². The normalized spacial score (nSPS) is 10.6. The van der Waals surface area contributed by atoms with Gasteiger partial charge in [-0.3, -0.25) is 4.79 Å². The van der Waals surface area contributed by atoms with Crippen molar-refractivity contribution >= 4 is 18.1 Å². The van der Waals surface area contributed by atoms with Crippen LogP contribution >= 0.6 is 0 Å². The van der Waals surface area contributed by atoms with E-state index in [2.05, 4.69) is 10.5 Å². The van der Waals surface area contributed by atoms with E-state index in [1.165, 1.54) is 6.21 Å². The van der Waals surface area contributed by atoms with Gasteiger partial charge in [0.05, 0.1) is 25.5 Å². The van der Waals surface area contributed by atoms with E-state index in [0.717, 1.165) is 12.0 Å². The molecule has 0 spiro atoms. The first-order chi connectivity index (χ1) is 15.6. The standard InChI is InChI=1S/C25H24N2O5/c1-3-16-31-22-14-8-20(9-15-22)25(29)32-23-10-4-18(5-11-23)17-26-27-24(28)19-6-12-21(30-2)13-7-19/h4-15,17H,3,16H2,1-2H3,(H,27,28)/b26-17-. The average Bonchev–Trinajstić information content (AvgIpc) is 2.84. The Bertz CT molecular complexity index is 1060. The molecule has 0 unspecified atom stereocenters. The van der Waals surface area contributed by atoms with Crippen LogP contribution in [0.5, 0.6) is 17.2 Å². The minimum absolute atomic E-state index is 0.333. The molecule has 1 N–H and O–H groups in total. The van der Waals surface area contributed by atoms with Crippen LogP contribution in [-0.4, -0.2) is 31.8 Å². The molecule has 0 aliphatic rings. The zero-order valence-corrected chi connectivity index (χ0v) is 17.9. The summed E-state index contributed by atoms with van der Waals surface area (Å²) in [6, 6.07) is 20.3. The van der Waals surface area contributed by atoms with Gasteiger partial charge in [0, 0.05) is 5.56 Å². The Morgan fingerprint density at radius 2 is 1.44 bits per heavy atom. The fraction of sp³-hybridized carbons (Fsp3) is 0.160. The number of carbonyl (C=O) groups is 2. The molecule has 0 atom stereocenters. The van der Waals surface area contributed by atoms with Crippen LogP contribution < -0.4 is 19.6 Å². The highest BCUT2D eigenvalue weighted by molar-refractivity contribution is 5.95. The van der Waals surface area contributed by atoms with Crippen molar-refractivity contribution in [1.29, 1.82) is 0 Å². The molecular formula is C25H24N2O5. The number of rotatable bonds is 9. The molecule has 0 aliphatic heterocycles. The Labute approximate surface area is 186 Å². The third kappa shape index (κ3) is 6.43. The summed E-state index contributed by atoms with van der Waals surface area (Å²) in [7, 11) is 1.56. The van der Waals surface area contributed by atoms with Crippen molar-refractivity contribution in [3.8, 4) is 17.2 Å². The molecule has 0 saturated heterocycles. The summed E-state index contributed by atoms with van der Waals surface area (Å²) in [4.78, 5) is 24.4. The van der Waals surface area contributed by atoms with Crippen LogP contribution in [0.4, 0.5) is 0 Å². The van der Waals surface area contributed by atoms with Crippen LogP contribution in [0.2, 0.25) is 0 Å². The fourth-order valence-corrected chi connectivity index (χ4v) is 2.67. The Balaban J connectivity index is 1.51. The maximum Gasteiger partial charge on any atom is 0.343 e. The van der Waals surface area contributed by atoms with E-state index >= 15 is 0 Å². The molecule has 7 nitrogen and oxygen atoms in total. The number of benzene rings is 3. The van der Waals surface area contributed by atoms with Gasteiger partial charge in [-0.1, -0.05) is 6.92 Å². The van der Waals surface area contributed by atoms with Gasteiger partial charge in [-0.2, -0.15) is 5.10 Å². The summed E-state index contributed by atoms with van der Waals surface area (Å²) >= 11 is 0. The number of nitrogens with one attached hydrogen (secondary N) is 1. The third-order valence-electron chi connectivity index (χ3n) is 4.39. The molecule has 0 saturated carbocycles. The number of hydrazone groups is 1. The zero-order chi connectivity index (χ0) is 22.8. The van der Waals surface area contributed by atoms with Gasteiger partial charge in [0.25, 0.3) is 5.91 Å². The third-order valence-corrected chi connectivity index (χ3v) is 4.39. The Kier molecular flexibility index (Phi) is 7.97.